The highest BCUT2D eigenvalue weighted by Gasteiger charge is 2.07. The number of carbonyl (C=O) groups excluding carboxylic acids is 1. The number of nitrogens with one attached hydrogen (secondary N) is 1. The summed E-state index contributed by atoms with van der Waals surface area (Å²) >= 11 is 3.35. The summed E-state index contributed by atoms with van der Waals surface area (Å²) in [5.74, 6) is 1.37. The lowest BCUT2D eigenvalue weighted by Crippen LogP contribution is -2.11. The highest BCUT2D eigenvalue weighted by molar-refractivity contribution is 9.10. The Morgan fingerprint density at radius 2 is 1.75 bits per heavy atom. The van der Waals surface area contributed by atoms with E-state index in [2.05, 4.69) is 36.5 Å². The molecule has 0 saturated carbocycles. The lowest BCUT2D eigenvalue weighted by Gasteiger charge is -2.08. The van der Waals surface area contributed by atoms with Gasteiger partial charge in [-0.2, -0.15) is 5.10 Å². The summed E-state index contributed by atoms with van der Waals surface area (Å²) < 4.78 is 8.22. The summed E-state index contributed by atoms with van der Waals surface area (Å²) in [4.78, 5) is 12.2. The van der Waals surface area contributed by atoms with Crippen LogP contribution in [-0.2, 0) is 0 Å². The van der Waals surface area contributed by atoms with E-state index in [1.807, 2.05) is 18.2 Å². The van der Waals surface area contributed by atoms with Crippen molar-refractivity contribution in [2.45, 2.75) is 0 Å². The van der Waals surface area contributed by atoms with Crippen molar-refractivity contribution in [3.63, 3.8) is 0 Å². The molecule has 1 N–H and O–H groups in total. The number of aromatic nitrogens is 4. The van der Waals surface area contributed by atoms with Gasteiger partial charge in [-0.05, 0) is 60.7 Å². The van der Waals surface area contributed by atoms with Gasteiger partial charge >= 0.3 is 0 Å². The number of rotatable bonds is 5. The molecule has 2 heterocycles. The van der Waals surface area contributed by atoms with Crippen molar-refractivity contribution in [1.82, 2.24) is 20.0 Å². The Morgan fingerprint density at radius 3 is 2.39 bits per heavy atom. The predicted octanol–water partition coefficient (Wildman–Crippen LogP) is 4.47. The SMILES string of the molecule is O=C(Nc1ccc(Oc2ccc(-n3cccn3)nn2)cc1)c1ccc(Br)cc1. The number of anilines is 1. The predicted molar refractivity (Wildman–Crippen MR) is 108 cm³/mol. The summed E-state index contributed by atoms with van der Waals surface area (Å²) in [6.07, 6.45) is 3.45. The van der Waals surface area contributed by atoms with E-state index in [-0.39, 0.29) is 5.91 Å². The van der Waals surface area contributed by atoms with Crippen LogP contribution >= 0.6 is 15.9 Å². The van der Waals surface area contributed by atoms with Crippen LogP contribution in [0.2, 0.25) is 0 Å². The highest BCUT2D eigenvalue weighted by atomic mass is 79.9. The van der Waals surface area contributed by atoms with Gasteiger partial charge < -0.3 is 10.1 Å². The number of halogens is 1. The topological polar surface area (TPSA) is 81.9 Å². The quantitative estimate of drug-likeness (QED) is 0.499. The molecule has 28 heavy (non-hydrogen) atoms. The second kappa shape index (κ2) is 8.01. The molecule has 4 aromatic rings. The first-order valence-corrected chi connectivity index (χ1v) is 9.15. The average Bonchev–Trinajstić information content (AvgIpc) is 3.25. The second-order valence-corrected chi connectivity index (χ2v) is 6.68. The van der Waals surface area contributed by atoms with Gasteiger partial charge in [-0.25, -0.2) is 4.68 Å². The lowest BCUT2D eigenvalue weighted by molar-refractivity contribution is 0.102. The van der Waals surface area contributed by atoms with Gasteiger partial charge in [-0.3, -0.25) is 4.79 Å². The molecule has 4 rings (SSSR count). The fourth-order valence-corrected chi connectivity index (χ4v) is 2.69. The molecule has 138 valence electrons. The van der Waals surface area contributed by atoms with Gasteiger partial charge in [0.2, 0.25) is 5.88 Å². The van der Waals surface area contributed by atoms with Crippen molar-refractivity contribution >= 4 is 27.5 Å². The van der Waals surface area contributed by atoms with E-state index in [4.69, 9.17) is 4.74 Å². The molecule has 0 aliphatic rings. The molecule has 0 aliphatic heterocycles. The number of hydrogen-bond acceptors (Lipinski definition) is 5. The Balaban J connectivity index is 1.39. The molecule has 0 unspecified atom stereocenters. The Morgan fingerprint density at radius 1 is 0.964 bits per heavy atom. The molecule has 0 atom stereocenters. The van der Waals surface area contributed by atoms with Gasteiger partial charge in [0.05, 0.1) is 0 Å². The lowest BCUT2D eigenvalue weighted by atomic mass is 10.2. The van der Waals surface area contributed by atoms with Gasteiger partial charge in [-0.15, -0.1) is 10.2 Å². The van der Waals surface area contributed by atoms with E-state index in [0.29, 0.717) is 28.7 Å². The van der Waals surface area contributed by atoms with Crippen molar-refractivity contribution in [3.8, 4) is 17.4 Å². The van der Waals surface area contributed by atoms with E-state index in [1.165, 1.54) is 0 Å². The number of ether oxygens (including phenoxy) is 1. The minimum atomic E-state index is -0.179. The Kier molecular flexibility index (Phi) is 5.11. The largest absolute Gasteiger partial charge is 0.438 e. The zero-order chi connectivity index (χ0) is 19.3. The van der Waals surface area contributed by atoms with Gasteiger partial charge in [0.15, 0.2) is 5.82 Å². The van der Waals surface area contributed by atoms with E-state index in [9.17, 15) is 4.79 Å². The normalized spacial score (nSPS) is 10.5. The summed E-state index contributed by atoms with van der Waals surface area (Å²) in [6.45, 7) is 0. The molecule has 0 radical (unpaired) electrons. The van der Waals surface area contributed by atoms with Crippen LogP contribution in [0.5, 0.6) is 11.6 Å². The Labute approximate surface area is 169 Å². The molecule has 1 amide bonds. The van der Waals surface area contributed by atoms with E-state index >= 15 is 0 Å². The first-order chi connectivity index (χ1) is 13.7. The molecule has 0 saturated heterocycles. The average molecular weight is 436 g/mol. The van der Waals surface area contributed by atoms with Crippen molar-refractivity contribution in [1.29, 1.82) is 0 Å². The summed E-state index contributed by atoms with van der Waals surface area (Å²) in [5, 5.41) is 15.1. The van der Waals surface area contributed by atoms with Crippen LogP contribution < -0.4 is 10.1 Å². The third-order valence-electron chi connectivity index (χ3n) is 3.81. The fraction of sp³-hybridized carbons (Fsp3) is 0. The number of benzene rings is 2. The van der Waals surface area contributed by atoms with Gasteiger partial charge in [0.1, 0.15) is 5.75 Å². The van der Waals surface area contributed by atoms with Crippen LogP contribution in [0.3, 0.4) is 0 Å². The third-order valence-corrected chi connectivity index (χ3v) is 4.33. The van der Waals surface area contributed by atoms with E-state index in [0.717, 1.165) is 4.47 Å². The highest BCUT2D eigenvalue weighted by Crippen LogP contribution is 2.22. The first kappa shape index (κ1) is 17.9. The standard InChI is InChI=1S/C20H14BrN5O2/c21-15-4-2-14(3-5-15)20(27)23-16-6-8-17(9-7-16)28-19-11-10-18(24-25-19)26-13-1-12-22-26/h1-13H,(H,23,27). The minimum Gasteiger partial charge on any atom is -0.438 e. The molecule has 0 bridgehead atoms. The maximum absolute atomic E-state index is 12.2. The Hall–Kier alpha value is -3.52. The van der Waals surface area contributed by atoms with Crippen LogP contribution in [0, 0.1) is 0 Å². The fourth-order valence-electron chi connectivity index (χ4n) is 2.43. The summed E-state index contributed by atoms with van der Waals surface area (Å²) in [5.41, 5.74) is 1.25. The molecule has 0 fully saturated rings. The zero-order valence-corrected chi connectivity index (χ0v) is 16.1. The smallest absolute Gasteiger partial charge is 0.255 e. The van der Waals surface area contributed by atoms with E-state index in [1.54, 1.807) is 65.6 Å². The van der Waals surface area contributed by atoms with E-state index < -0.39 is 0 Å². The van der Waals surface area contributed by atoms with Gasteiger partial charge in [-0.1, -0.05) is 15.9 Å². The first-order valence-electron chi connectivity index (χ1n) is 8.36. The van der Waals surface area contributed by atoms with Crippen LogP contribution in [0.4, 0.5) is 5.69 Å². The third kappa shape index (κ3) is 4.24. The molecule has 2 aromatic heterocycles. The molecular weight excluding hydrogens is 422 g/mol. The minimum absolute atomic E-state index is 0.179. The van der Waals surface area contributed by atoms with Crippen LogP contribution in [0.25, 0.3) is 5.82 Å². The summed E-state index contributed by atoms with van der Waals surface area (Å²) in [6, 6.07) is 19.5. The van der Waals surface area contributed by atoms with Gasteiger partial charge in [0.25, 0.3) is 5.91 Å². The van der Waals surface area contributed by atoms with Crippen LogP contribution in [0.1, 0.15) is 10.4 Å². The number of carbonyl (C=O) groups is 1. The van der Waals surface area contributed by atoms with Crippen molar-refractivity contribution < 1.29 is 9.53 Å². The monoisotopic (exact) mass is 435 g/mol. The van der Waals surface area contributed by atoms with Crippen molar-refractivity contribution in [2.75, 3.05) is 5.32 Å². The summed E-state index contributed by atoms with van der Waals surface area (Å²) in [7, 11) is 0. The molecule has 2 aromatic carbocycles. The molecule has 7 nitrogen and oxygen atoms in total. The maximum atomic E-state index is 12.2. The van der Waals surface area contributed by atoms with Crippen LogP contribution in [0.15, 0.2) is 83.6 Å². The Bertz CT molecular complexity index is 1060. The zero-order valence-electron chi connectivity index (χ0n) is 14.5. The van der Waals surface area contributed by atoms with Gasteiger partial charge in [0, 0.05) is 34.2 Å². The maximum Gasteiger partial charge on any atom is 0.255 e. The molecule has 0 aliphatic carbocycles. The second-order valence-electron chi connectivity index (χ2n) is 5.77. The number of hydrogen-bond donors (Lipinski definition) is 1. The molecular formula is C20H14BrN5O2. The molecule has 0 spiro atoms. The van der Waals surface area contributed by atoms with Crippen molar-refractivity contribution in [3.05, 3.63) is 89.2 Å². The number of nitrogens with zero attached hydrogens (tertiary/aromatic N) is 4. The van der Waals surface area contributed by atoms with Crippen LogP contribution in [-0.4, -0.2) is 25.9 Å². The number of amides is 1. The molecule has 8 heteroatoms. The van der Waals surface area contributed by atoms with Crippen molar-refractivity contribution in [2.24, 2.45) is 0 Å².